The van der Waals surface area contributed by atoms with E-state index in [4.69, 9.17) is 5.26 Å². The van der Waals surface area contributed by atoms with Crippen LogP contribution in [0.15, 0.2) is 0 Å². The molecule has 0 aliphatic heterocycles. The molecule has 0 spiro atoms. The number of thiol groups is 1. The molecule has 0 rings (SSSR count). The van der Waals surface area contributed by atoms with E-state index in [1.807, 2.05) is 0 Å². The summed E-state index contributed by atoms with van der Waals surface area (Å²) in [5, 5.41) is 8.63. The summed E-state index contributed by atoms with van der Waals surface area (Å²) in [6.07, 6.45) is 0. The molecule has 7 heteroatoms. The van der Waals surface area contributed by atoms with Crippen molar-refractivity contribution in [3.8, 4) is 5.40 Å². The van der Waals surface area contributed by atoms with Crippen LogP contribution >= 0.6 is 12.6 Å². The fraction of sp³-hybridized carbons (Fsp3) is 0. The molecule has 8 heavy (non-hydrogen) atoms. The molecule has 0 unspecified atom stereocenters. The van der Waals surface area contributed by atoms with E-state index in [0.717, 1.165) is 0 Å². The number of hydrogen-bond donors (Lipinski definition) is 1. The zero-order valence-electron chi connectivity index (χ0n) is 4.10. The van der Waals surface area contributed by atoms with Crippen LogP contribution < -0.4 is 0 Å². The third-order valence-electron chi connectivity index (χ3n) is 0. The van der Waals surface area contributed by atoms with Crippen LogP contribution in [-0.2, 0) is 0 Å². The number of thiocyanates is 1. The van der Waals surface area contributed by atoms with Crippen molar-refractivity contribution >= 4 is 50.4 Å². The molecule has 0 aliphatic rings. The molecular weight excluding hydrogens is 162 g/mol. The van der Waals surface area contributed by atoms with E-state index in [2.05, 4.69) is 12.6 Å². The second-order valence-corrected chi connectivity index (χ2v) is 0.300. The molecule has 0 aromatic carbocycles. The molecule has 0 saturated heterocycles. The molecule has 5 nitrogen and oxygen atoms in total. The average Bonchev–Trinajstić information content (AvgIpc) is 0.918. The summed E-state index contributed by atoms with van der Waals surface area (Å²) in [6, 6.07) is 0. The maximum Gasteiger partial charge on any atom is 0.130 e. The SMILES string of the molecule is N#CS.O.O.O.O.[Ca]. The summed E-state index contributed by atoms with van der Waals surface area (Å²) in [7, 11) is 0. The molecule has 8 N–H and O–H groups in total. The van der Waals surface area contributed by atoms with Gasteiger partial charge in [-0.05, 0) is 0 Å². The van der Waals surface area contributed by atoms with Crippen molar-refractivity contribution in [2.75, 3.05) is 0 Å². The first-order valence-electron chi connectivity index (χ1n) is 0.447. The van der Waals surface area contributed by atoms with Crippen LogP contribution in [0, 0.1) is 10.7 Å². The van der Waals surface area contributed by atoms with Crippen molar-refractivity contribution in [3.05, 3.63) is 0 Å². The number of hydrogen-bond acceptors (Lipinski definition) is 2. The Morgan fingerprint density at radius 2 is 1.00 bits per heavy atom. The van der Waals surface area contributed by atoms with Crippen molar-refractivity contribution in [3.63, 3.8) is 0 Å². The smallest absolute Gasteiger partial charge is 0.130 e. The molecule has 0 atom stereocenters. The van der Waals surface area contributed by atoms with Gasteiger partial charge in [0.15, 0.2) is 0 Å². The Hall–Kier alpha value is 0.940. The summed E-state index contributed by atoms with van der Waals surface area (Å²) >= 11 is 3.09. The van der Waals surface area contributed by atoms with Gasteiger partial charge in [0.25, 0.3) is 0 Å². The summed E-state index contributed by atoms with van der Waals surface area (Å²) < 4.78 is 0. The van der Waals surface area contributed by atoms with Crippen LogP contribution in [0.1, 0.15) is 0 Å². The predicted molar refractivity (Wildman–Crippen MR) is 34.8 cm³/mol. The first-order chi connectivity index (χ1) is 1.41. The summed E-state index contributed by atoms with van der Waals surface area (Å²) in [5.41, 5.74) is 0. The van der Waals surface area contributed by atoms with E-state index in [-0.39, 0.29) is 59.6 Å². The van der Waals surface area contributed by atoms with Crippen LogP contribution in [-0.4, -0.2) is 59.6 Å². The molecule has 0 bridgehead atoms. The van der Waals surface area contributed by atoms with Gasteiger partial charge in [-0.3, -0.25) is 0 Å². The number of nitrogens with zero attached hydrogens (tertiary/aromatic N) is 1. The third kappa shape index (κ3) is 277. The largest absolute Gasteiger partial charge is 0.412 e. The van der Waals surface area contributed by atoms with E-state index < -0.39 is 0 Å². The molecular formula is CH9CaNO4S. The first-order valence-corrected chi connectivity index (χ1v) is 0.894. The van der Waals surface area contributed by atoms with Gasteiger partial charge in [0.1, 0.15) is 5.40 Å². The van der Waals surface area contributed by atoms with E-state index in [0.29, 0.717) is 0 Å². The van der Waals surface area contributed by atoms with Gasteiger partial charge in [-0.2, -0.15) is 5.26 Å². The molecule has 0 fully saturated rings. The fourth-order valence-electron chi connectivity index (χ4n) is 0. The minimum Gasteiger partial charge on any atom is -0.412 e. The summed E-state index contributed by atoms with van der Waals surface area (Å²) in [4.78, 5) is 0. The first kappa shape index (κ1) is 65.2. The Morgan fingerprint density at radius 1 is 1.00 bits per heavy atom. The van der Waals surface area contributed by atoms with E-state index in [1.54, 1.807) is 0 Å². The minimum atomic E-state index is 0. The maximum absolute atomic E-state index is 7.18. The van der Waals surface area contributed by atoms with Gasteiger partial charge in [0, 0.05) is 37.7 Å². The molecule has 0 aromatic rings. The van der Waals surface area contributed by atoms with Crippen LogP contribution in [0.3, 0.4) is 0 Å². The molecule has 50 valence electrons. The molecule has 0 heterocycles. The quantitative estimate of drug-likeness (QED) is 0.227. The fourth-order valence-corrected chi connectivity index (χ4v) is 0. The summed E-state index contributed by atoms with van der Waals surface area (Å²) in [5.74, 6) is 0. The van der Waals surface area contributed by atoms with Gasteiger partial charge >= 0.3 is 0 Å². The number of nitriles is 1. The van der Waals surface area contributed by atoms with Crippen molar-refractivity contribution in [2.24, 2.45) is 0 Å². The van der Waals surface area contributed by atoms with Gasteiger partial charge in [-0.25, -0.2) is 0 Å². The van der Waals surface area contributed by atoms with Crippen molar-refractivity contribution in [1.29, 1.82) is 5.26 Å². The predicted octanol–water partition coefficient (Wildman–Crippen LogP) is -3.28. The Bertz CT molecular complexity index is 37.5. The third-order valence-corrected chi connectivity index (χ3v) is 0. The Balaban J connectivity index is -0.00000000200. The Kier molecular flexibility index (Phi) is 828. The van der Waals surface area contributed by atoms with Gasteiger partial charge in [0.05, 0.1) is 0 Å². The minimum absolute atomic E-state index is 0. The van der Waals surface area contributed by atoms with Gasteiger partial charge in [-0.15, -0.1) is 0 Å². The molecule has 0 saturated carbocycles. The van der Waals surface area contributed by atoms with Gasteiger partial charge in [0.2, 0.25) is 0 Å². The van der Waals surface area contributed by atoms with Gasteiger partial charge < -0.3 is 21.9 Å². The zero-order chi connectivity index (χ0) is 2.71. The second-order valence-electron chi connectivity index (χ2n) is 0.100. The topological polar surface area (TPSA) is 150 Å². The second kappa shape index (κ2) is 102. The number of rotatable bonds is 0. The van der Waals surface area contributed by atoms with Crippen LogP contribution in [0.5, 0.6) is 0 Å². The van der Waals surface area contributed by atoms with Crippen molar-refractivity contribution < 1.29 is 21.9 Å². The monoisotopic (exact) mass is 171 g/mol. The Labute approximate surface area is 82.3 Å². The summed E-state index contributed by atoms with van der Waals surface area (Å²) in [6.45, 7) is 0. The maximum atomic E-state index is 7.18. The van der Waals surface area contributed by atoms with E-state index in [1.165, 1.54) is 5.40 Å². The van der Waals surface area contributed by atoms with E-state index in [9.17, 15) is 0 Å². The average molecular weight is 171 g/mol. The van der Waals surface area contributed by atoms with Gasteiger partial charge in [-0.1, -0.05) is 12.6 Å². The van der Waals surface area contributed by atoms with Crippen molar-refractivity contribution in [2.45, 2.75) is 0 Å². The molecule has 2 radical (unpaired) electrons. The normalized spacial score (nSPS) is 1.00. The zero-order valence-corrected chi connectivity index (χ0v) is 7.20. The Morgan fingerprint density at radius 3 is 1.00 bits per heavy atom. The van der Waals surface area contributed by atoms with Crippen LogP contribution in [0.2, 0.25) is 0 Å². The van der Waals surface area contributed by atoms with Crippen LogP contribution in [0.4, 0.5) is 0 Å². The van der Waals surface area contributed by atoms with Crippen molar-refractivity contribution in [1.82, 2.24) is 0 Å². The molecule has 0 amide bonds. The molecule has 0 aromatic heterocycles. The molecule has 0 aliphatic carbocycles. The van der Waals surface area contributed by atoms with E-state index >= 15 is 0 Å². The standard InChI is InChI=1S/CHNS.Ca.4H2O/c2-1-3;;;;;/h3H;;4*1H2. The van der Waals surface area contributed by atoms with Crippen LogP contribution in [0.25, 0.3) is 0 Å².